The Labute approximate surface area is 131 Å². The molecule has 2 aromatic heterocycles. The minimum Gasteiger partial charge on any atom is -0.352 e. The molecule has 2 heterocycles. The van der Waals surface area contributed by atoms with Crippen LogP contribution in [-0.4, -0.2) is 37.6 Å². The fourth-order valence-corrected chi connectivity index (χ4v) is 2.11. The van der Waals surface area contributed by atoms with Crippen LogP contribution in [0.4, 0.5) is 4.39 Å². The Hall–Kier alpha value is -3.16. The van der Waals surface area contributed by atoms with Gasteiger partial charge in [0.25, 0.3) is 5.91 Å². The highest BCUT2D eigenvalue weighted by Crippen LogP contribution is 2.15. The summed E-state index contributed by atoms with van der Waals surface area (Å²) in [6, 6.07) is 9.45. The molecule has 0 aliphatic heterocycles. The van der Waals surface area contributed by atoms with E-state index in [1.807, 2.05) is 18.2 Å². The molecule has 116 valence electrons. The van der Waals surface area contributed by atoms with Gasteiger partial charge in [0.2, 0.25) is 0 Å². The number of carbonyl (C=O) groups is 1. The number of pyridine rings is 1. The maximum atomic E-state index is 13.5. The third-order valence-electron chi connectivity index (χ3n) is 3.19. The Morgan fingerprint density at radius 2 is 2.17 bits per heavy atom. The van der Waals surface area contributed by atoms with Gasteiger partial charge in [-0.1, -0.05) is 6.07 Å². The van der Waals surface area contributed by atoms with Crippen molar-refractivity contribution in [2.45, 2.75) is 6.42 Å². The third-order valence-corrected chi connectivity index (χ3v) is 3.19. The zero-order valence-electron chi connectivity index (χ0n) is 12.1. The van der Waals surface area contributed by atoms with Gasteiger partial charge in [0.1, 0.15) is 12.1 Å². The molecule has 0 aliphatic carbocycles. The van der Waals surface area contributed by atoms with Crippen LogP contribution in [0, 0.1) is 5.82 Å². The van der Waals surface area contributed by atoms with Crippen molar-refractivity contribution in [2.24, 2.45) is 0 Å². The van der Waals surface area contributed by atoms with Crippen molar-refractivity contribution in [3.05, 3.63) is 66.0 Å². The summed E-state index contributed by atoms with van der Waals surface area (Å²) >= 11 is 0. The minimum absolute atomic E-state index is 0.165. The van der Waals surface area contributed by atoms with Crippen LogP contribution in [0.1, 0.15) is 16.1 Å². The highest BCUT2D eigenvalue weighted by atomic mass is 19.1. The molecule has 7 nitrogen and oxygen atoms in total. The summed E-state index contributed by atoms with van der Waals surface area (Å²) < 4.78 is 14.8. The van der Waals surface area contributed by atoms with Crippen molar-refractivity contribution in [1.82, 2.24) is 30.5 Å². The number of hydrogen-bond donors (Lipinski definition) is 1. The first-order chi connectivity index (χ1) is 11.2. The summed E-state index contributed by atoms with van der Waals surface area (Å²) in [4.78, 5) is 16.5. The second-order valence-electron chi connectivity index (χ2n) is 4.74. The van der Waals surface area contributed by atoms with Gasteiger partial charge in [-0.2, -0.15) is 4.68 Å². The van der Waals surface area contributed by atoms with Crippen molar-refractivity contribution < 1.29 is 9.18 Å². The number of nitrogens with one attached hydrogen (secondary N) is 1. The Kier molecular flexibility index (Phi) is 4.32. The van der Waals surface area contributed by atoms with Gasteiger partial charge >= 0.3 is 0 Å². The van der Waals surface area contributed by atoms with E-state index in [0.717, 1.165) is 11.8 Å². The second-order valence-corrected chi connectivity index (χ2v) is 4.74. The maximum absolute atomic E-state index is 13.5. The Bertz CT molecular complexity index is 791. The van der Waals surface area contributed by atoms with Gasteiger partial charge in [-0.3, -0.25) is 9.78 Å². The molecule has 0 spiro atoms. The molecule has 3 rings (SSSR count). The van der Waals surface area contributed by atoms with Gasteiger partial charge in [-0.25, -0.2) is 4.39 Å². The molecule has 1 aromatic carbocycles. The third kappa shape index (κ3) is 3.54. The lowest BCUT2D eigenvalue weighted by atomic mass is 10.1. The molecule has 0 bridgehead atoms. The predicted octanol–water partition coefficient (Wildman–Crippen LogP) is 1.17. The molecule has 0 unspecified atom stereocenters. The summed E-state index contributed by atoms with van der Waals surface area (Å²) in [6.07, 6.45) is 3.62. The Morgan fingerprint density at radius 1 is 1.26 bits per heavy atom. The maximum Gasteiger partial charge on any atom is 0.253 e. The van der Waals surface area contributed by atoms with E-state index in [-0.39, 0.29) is 5.56 Å². The average molecular weight is 312 g/mol. The molecule has 23 heavy (non-hydrogen) atoms. The Balaban J connectivity index is 1.73. The predicted molar refractivity (Wildman–Crippen MR) is 79.4 cm³/mol. The number of amides is 1. The Morgan fingerprint density at radius 3 is 2.91 bits per heavy atom. The normalized spacial score (nSPS) is 10.5. The van der Waals surface area contributed by atoms with E-state index in [9.17, 15) is 9.18 Å². The monoisotopic (exact) mass is 312 g/mol. The lowest BCUT2D eigenvalue weighted by Crippen LogP contribution is -2.27. The van der Waals surface area contributed by atoms with E-state index in [2.05, 4.69) is 25.8 Å². The van der Waals surface area contributed by atoms with Gasteiger partial charge in [-0.15, -0.1) is 5.10 Å². The summed E-state index contributed by atoms with van der Waals surface area (Å²) in [5.41, 5.74) is 1.44. The summed E-state index contributed by atoms with van der Waals surface area (Å²) in [5, 5.41) is 13.5. The minimum atomic E-state index is -0.503. The van der Waals surface area contributed by atoms with Crippen molar-refractivity contribution >= 4 is 5.91 Å². The van der Waals surface area contributed by atoms with Crippen LogP contribution in [-0.2, 0) is 6.42 Å². The van der Waals surface area contributed by atoms with Crippen LogP contribution in [0.2, 0.25) is 0 Å². The fraction of sp³-hybridized carbons (Fsp3) is 0.133. The fourth-order valence-electron chi connectivity index (χ4n) is 2.11. The van der Waals surface area contributed by atoms with E-state index in [1.165, 1.54) is 23.1 Å². The molecule has 0 radical (unpaired) electrons. The number of aromatic nitrogens is 5. The van der Waals surface area contributed by atoms with Crippen molar-refractivity contribution in [2.75, 3.05) is 6.54 Å². The van der Waals surface area contributed by atoms with Crippen molar-refractivity contribution in [3.8, 4) is 5.69 Å². The topological polar surface area (TPSA) is 85.6 Å². The smallest absolute Gasteiger partial charge is 0.253 e. The standard InChI is InChI=1S/C15H13FN6O/c16-11-4-5-14(22-10-19-20-21-22)13(9-11)15(23)18-8-6-12-3-1-2-7-17-12/h1-5,7,9-10H,6,8H2,(H,18,23). The van der Waals surface area contributed by atoms with Gasteiger partial charge in [0, 0.05) is 24.9 Å². The van der Waals surface area contributed by atoms with Crippen LogP contribution in [0.25, 0.3) is 5.69 Å². The van der Waals surface area contributed by atoms with E-state index >= 15 is 0 Å². The number of benzene rings is 1. The first kappa shape index (κ1) is 14.8. The van der Waals surface area contributed by atoms with Gasteiger partial charge in [-0.05, 0) is 40.8 Å². The number of nitrogens with zero attached hydrogens (tertiary/aromatic N) is 5. The summed E-state index contributed by atoms with van der Waals surface area (Å²) in [6.45, 7) is 0.390. The van der Waals surface area contributed by atoms with Gasteiger partial charge < -0.3 is 5.32 Å². The van der Waals surface area contributed by atoms with Crippen LogP contribution < -0.4 is 5.32 Å². The number of rotatable bonds is 5. The molecular weight excluding hydrogens is 299 g/mol. The molecular formula is C15H13FN6O. The lowest BCUT2D eigenvalue weighted by Gasteiger charge is -2.09. The number of tetrazole rings is 1. The number of hydrogen-bond acceptors (Lipinski definition) is 5. The number of halogens is 1. The lowest BCUT2D eigenvalue weighted by molar-refractivity contribution is 0.0953. The first-order valence-corrected chi connectivity index (χ1v) is 6.95. The average Bonchev–Trinajstić information content (AvgIpc) is 3.10. The summed E-state index contributed by atoms with van der Waals surface area (Å²) in [5.74, 6) is -0.900. The highest BCUT2D eigenvalue weighted by Gasteiger charge is 2.14. The molecule has 3 aromatic rings. The van der Waals surface area contributed by atoms with Crippen LogP contribution in [0.5, 0.6) is 0 Å². The largest absolute Gasteiger partial charge is 0.352 e. The van der Waals surface area contributed by atoms with Crippen LogP contribution in [0.3, 0.4) is 0 Å². The van der Waals surface area contributed by atoms with Gasteiger partial charge in [0.15, 0.2) is 0 Å². The van der Waals surface area contributed by atoms with E-state index < -0.39 is 11.7 Å². The zero-order valence-corrected chi connectivity index (χ0v) is 12.1. The SMILES string of the molecule is O=C(NCCc1ccccn1)c1cc(F)ccc1-n1cnnn1. The molecule has 0 aliphatic rings. The second kappa shape index (κ2) is 6.73. The molecule has 1 amide bonds. The molecule has 0 fully saturated rings. The van der Waals surface area contributed by atoms with Crippen LogP contribution >= 0.6 is 0 Å². The molecule has 0 saturated carbocycles. The van der Waals surface area contributed by atoms with Crippen LogP contribution in [0.15, 0.2) is 48.9 Å². The summed E-state index contributed by atoms with van der Waals surface area (Å²) in [7, 11) is 0. The highest BCUT2D eigenvalue weighted by molar-refractivity contribution is 5.97. The van der Waals surface area contributed by atoms with Gasteiger partial charge in [0.05, 0.1) is 11.3 Å². The van der Waals surface area contributed by atoms with E-state index in [1.54, 1.807) is 6.20 Å². The van der Waals surface area contributed by atoms with E-state index in [4.69, 9.17) is 0 Å². The quantitative estimate of drug-likeness (QED) is 0.764. The molecule has 0 saturated heterocycles. The van der Waals surface area contributed by atoms with Crippen molar-refractivity contribution in [3.63, 3.8) is 0 Å². The molecule has 0 atom stereocenters. The van der Waals surface area contributed by atoms with Crippen molar-refractivity contribution in [1.29, 1.82) is 0 Å². The van der Waals surface area contributed by atoms with E-state index in [0.29, 0.717) is 18.7 Å². The zero-order chi connectivity index (χ0) is 16.1. The number of carbonyl (C=O) groups excluding carboxylic acids is 1. The molecule has 1 N–H and O–H groups in total. The first-order valence-electron chi connectivity index (χ1n) is 6.95. The molecule has 8 heteroatoms.